The lowest BCUT2D eigenvalue weighted by atomic mass is 9.82. The van der Waals surface area contributed by atoms with Crippen LogP contribution in [0.4, 0.5) is 0 Å². The maximum absolute atomic E-state index is 12.9. The zero-order valence-electron chi connectivity index (χ0n) is 15.0. The summed E-state index contributed by atoms with van der Waals surface area (Å²) in [6.07, 6.45) is 3.46. The zero-order valence-corrected chi connectivity index (χ0v) is 15.0. The third-order valence-corrected chi connectivity index (χ3v) is 4.69. The molecule has 2 heterocycles. The summed E-state index contributed by atoms with van der Waals surface area (Å²) in [7, 11) is 0. The van der Waals surface area contributed by atoms with Gasteiger partial charge in [-0.15, -0.1) is 0 Å². The molecular weight excluding hydrogens is 328 g/mol. The number of nitriles is 2. The van der Waals surface area contributed by atoms with Gasteiger partial charge in [-0.25, -0.2) is 0 Å². The number of hydrazone groups is 1. The monoisotopic (exact) mass is 348 g/mol. The van der Waals surface area contributed by atoms with Crippen molar-refractivity contribution in [2.45, 2.75) is 32.4 Å². The fourth-order valence-electron chi connectivity index (χ4n) is 3.70. The van der Waals surface area contributed by atoms with Crippen molar-refractivity contribution >= 4 is 12.2 Å². The summed E-state index contributed by atoms with van der Waals surface area (Å²) in [6, 6.07) is 11.3. The number of nitrogens with zero attached hydrogens (tertiary/aromatic N) is 4. The minimum absolute atomic E-state index is 0.0589. The van der Waals surface area contributed by atoms with E-state index >= 15 is 0 Å². The third kappa shape index (κ3) is 2.46. The normalized spacial score (nSPS) is 23.9. The lowest BCUT2D eigenvalue weighted by Crippen LogP contribution is -2.41. The predicted octanol–water partition coefficient (Wildman–Crippen LogP) is 2.94. The number of fused-ring (bicyclic) bond motifs is 3. The van der Waals surface area contributed by atoms with E-state index in [1.165, 1.54) is 5.01 Å². The first kappa shape index (κ1) is 17.7. The summed E-state index contributed by atoms with van der Waals surface area (Å²) in [6.45, 7) is 5.87. The molecule has 2 atom stereocenters. The SMILES string of the molecule is CCOC(=O)[C@H]1/C(=C\C(C)C)C(C#N)(C#N)N2N=Cc3ccccc3[C@@H]12. The third-order valence-electron chi connectivity index (χ3n) is 4.69. The van der Waals surface area contributed by atoms with Crippen molar-refractivity contribution in [1.82, 2.24) is 5.01 Å². The number of hydrogen-bond acceptors (Lipinski definition) is 6. The molecule has 0 N–H and O–H groups in total. The van der Waals surface area contributed by atoms with E-state index in [1.807, 2.05) is 44.2 Å². The molecule has 0 bridgehead atoms. The minimum atomic E-state index is -1.63. The number of rotatable bonds is 3. The Morgan fingerprint density at radius 2 is 2.08 bits per heavy atom. The minimum Gasteiger partial charge on any atom is -0.465 e. The van der Waals surface area contributed by atoms with Gasteiger partial charge in [0.25, 0.3) is 5.54 Å². The summed E-state index contributed by atoms with van der Waals surface area (Å²) < 4.78 is 5.31. The molecule has 0 aromatic heterocycles. The molecule has 1 fully saturated rings. The van der Waals surface area contributed by atoms with E-state index in [0.717, 1.165) is 11.1 Å². The summed E-state index contributed by atoms with van der Waals surface area (Å²) in [5.74, 6) is -1.13. The van der Waals surface area contributed by atoms with Gasteiger partial charge in [0.1, 0.15) is 18.1 Å². The Morgan fingerprint density at radius 3 is 2.69 bits per heavy atom. The quantitative estimate of drug-likeness (QED) is 0.619. The van der Waals surface area contributed by atoms with Gasteiger partial charge in [0.2, 0.25) is 0 Å². The Hall–Kier alpha value is -3.12. The first-order valence-corrected chi connectivity index (χ1v) is 8.63. The molecule has 6 heteroatoms. The topological polar surface area (TPSA) is 89.5 Å². The van der Waals surface area contributed by atoms with Crippen LogP contribution in [0.5, 0.6) is 0 Å². The van der Waals surface area contributed by atoms with E-state index in [1.54, 1.807) is 13.1 Å². The molecule has 0 radical (unpaired) electrons. The van der Waals surface area contributed by atoms with Crippen LogP contribution in [-0.4, -0.2) is 29.3 Å². The highest BCUT2D eigenvalue weighted by atomic mass is 16.5. The van der Waals surface area contributed by atoms with Gasteiger partial charge < -0.3 is 4.74 Å². The molecular formula is C20H20N4O2. The largest absolute Gasteiger partial charge is 0.465 e. The maximum Gasteiger partial charge on any atom is 0.315 e. The van der Waals surface area contributed by atoms with E-state index < -0.39 is 23.5 Å². The summed E-state index contributed by atoms with van der Waals surface area (Å²) in [4.78, 5) is 12.9. The van der Waals surface area contributed by atoms with Gasteiger partial charge in [-0.2, -0.15) is 15.6 Å². The Morgan fingerprint density at radius 1 is 1.38 bits per heavy atom. The van der Waals surface area contributed by atoms with Gasteiger partial charge in [0.05, 0.1) is 18.9 Å². The van der Waals surface area contributed by atoms with Gasteiger partial charge in [-0.1, -0.05) is 44.2 Å². The van der Waals surface area contributed by atoms with Crippen molar-refractivity contribution in [3.8, 4) is 12.1 Å². The Bertz CT molecular complexity index is 859. The van der Waals surface area contributed by atoms with Gasteiger partial charge in [-0.05, 0) is 29.5 Å². The molecule has 0 unspecified atom stereocenters. The second kappa shape index (κ2) is 6.65. The van der Waals surface area contributed by atoms with E-state index in [9.17, 15) is 15.3 Å². The molecule has 2 aliphatic rings. The number of carbonyl (C=O) groups excluding carboxylic acids is 1. The molecule has 1 saturated heterocycles. The average Bonchev–Trinajstić information content (AvgIpc) is 2.91. The summed E-state index contributed by atoms with van der Waals surface area (Å²) in [5, 5.41) is 25.7. The summed E-state index contributed by atoms with van der Waals surface area (Å²) >= 11 is 0. The smallest absolute Gasteiger partial charge is 0.315 e. The van der Waals surface area contributed by atoms with E-state index in [-0.39, 0.29) is 12.5 Å². The number of hydrogen-bond donors (Lipinski definition) is 0. The first-order chi connectivity index (χ1) is 12.5. The van der Waals surface area contributed by atoms with Gasteiger partial charge in [0, 0.05) is 0 Å². The summed E-state index contributed by atoms with van der Waals surface area (Å²) in [5.41, 5.74) is 0.562. The molecule has 0 saturated carbocycles. The van der Waals surface area contributed by atoms with Crippen molar-refractivity contribution in [2.75, 3.05) is 6.61 Å². The number of allylic oxidation sites excluding steroid dienone is 1. The lowest BCUT2D eigenvalue weighted by Gasteiger charge is -2.32. The van der Waals surface area contributed by atoms with Crippen LogP contribution in [0.2, 0.25) is 0 Å². The maximum atomic E-state index is 12.9. The number of carbonyl (C=O) groups is 1. The van der Waals surface area contributed by atoms with Crippen molar-refractivity contribution in [3.05, 3.63) is 47.0 Å². The average molecular weight is 348 g/mol. The molecule has 26 heavy (non-hydrogen) atoms. The second-order valence-corrected chi connectivity index (χ2v) is 6.69. The number of esters is 1. The number of ether oxygens (including phenoxy) is 1. The zero-order chi connectivity index (χ0) is 18.9. The molecule has 6 nitrogen and oxygen atoms in total. The lowest BCUT2D eigenvalue weighted by molar-refractivity contribution is -0.147. The highest BCUT2D eigenvalue weighted by Gasteiger charge is 2.61. The molecule has 2 aliphatic heterocycles. The Balaban J connectivity index is 2.29. The van der Waals surface area contributed by atoms with E-state index in [2.05, 4.69) is 17.2 Å². The highest BCUT2D eigenvalue weighted by Crippen LogP contribution is 2.52. The van der Waals surface area contributed by atoms with Gasteiger partial charge in [0.15, 0.2) is 0 Å². The van der Waals surface area contributed by atoms with Crippen LogP contribution in [0.15, 0.2) is 41.0 Å². The molecule has 0 amide bonds. The van der Waals surface area contributed by atoms with Crippen molar-refractivity contribution in [1.29, 1.82) is 10.5 Å². The second-order valence-electron chi connectivity index (χ2n) is 6.69. The van der Waals surface area contributed by atoms with Crippen LogP contribution in [0.3, 0.4) is 0 Å². The van der Waals surface area contributed by atoms with Crippen LogP contribution < -0.4 is 0 Å². The Labute approximate surface area is 153 Å². The fourth-order valence-corrected chi connectivity index (χ4v) is 3.70. The van der Waals surface area contributed by atoms with Crippen LogP contribution in [0.25, 0.3) is 0 Å². The van der Waals surface area contributed by atoms with Gasteiger partial charge >= 0.3 is 5.97 Å². The number of benzene rings is 1. The van der Waals surface area contributed by atoms with Crippen LogP contribution in [0.1, 0.15) is 37.9 Å². The van der Waals surface area contributed by atoms with Gasteiger partial charge in [-0.3, -0.25) is 9.80 Å². The molecule has 1 aromatic carbocycles. The van der Waals surface area contributed by atoms with Crippen LogP contribution >= 0.6 is 0 Å². The van der Waals surface area contributed by atoms with Crippen LogP contribution in [0, 0.1) is 34.5 Å². The highest BCUT2D eigenvalue weighted by molar-refractivity contribution is 5.87. The molecule has 132 valence electrons. The van der Waals surface area contributed by atoms with E-state index in [4.69, 9.17) is 4.74 Å². The molecule has 0 spiro atoms. The Kier molecular flexibility index (Phi) is 4.52. The van der Waals surface area contributed by atoms with Crippen molar-refractivity contribution in [2.24, 2.45) is 16.9 Å². The standard InChI is InChI=1S/C20H20N4O2/c1-4-26-19(25)17-16(9-13(2)3)20(11-21,12-22)24-18(17)15-8-6-5-7-14(15)10-23-24/h5-10,13,17-18H,4H2,1-3H3/b16-9+/t17-,18-/m0/s1. The molecule has 1 aromatic rings. The van der Waals surface area contributed by atoms with Crippen LogP contribution in [-0.2, 0) is 9.53 Å². The first-order valence-electron chi connectivity index (χ1n) is 8.63. The predicted molar refractivity (Wildman–Crippen MR) is 95.6 cm³/mol. The van der Waals surface area contributed by atoms with E-state index in [0.29, 0.717) is 5.57 Å². The fraction of sp³-hybridized carbons (Fsp3) is 0.400. The van der Waals surface area contributed by atoms with Crippen molar-refractivity contribution in [3.63, 3.8) is 0 Å². The molecule has 3 rings (SSSR count). The molecule has 0 aliphatic carbocycles. The van der Waals surface area contributed by atoms with Crippen molar-refractivity contribution < 1.29 is 9.53 Å².